The molecule has 0 bridgehead atoms. The number of rotatable bonds is 5. The van der Waals surface area contributed by atoms with Crippen LogP contribution in [0.3, 0.4) is 0 Å². The first-order valence-electron chi connectivity index (χ1n) is 7.04. The first kappa shape index (κ1) is 15.8. The molecule has 1 aliphatic rings. The Hall–Kier alpha value is -1.30. The quantitative estimate of drug-likeness (QED) is 0.605. The minimum atomic E-state index is -1.12. The Kier molecular flexibility index (Phi) is 7.25. The SMILES string of the molecule is O=C(NC1CCCCCCC1)NC(CCO)C(=O)O. The van der Waals surface area contributed by atoms with Gasteiger partial charge in [0.05, 0.1) is 0 Å². The number of hydrogen-bond acceptors (Lipinski definition) is 3. The normalized spacial score (nSPS) is 19.0. The second-order valence-corrected chi connectivity index (χ2v) is 5.06. The largest absolute Gasteiger partial charge is 0.480 e. The lowest BCUT2D eigenvalue weighted by molar-refractivity contribution is -0.139. The summed E-state index contributed by atoms with van der Waals surface area (Å²) >= 11 is 0. The first-order valence-corrected chi connectivity index (χ1v) is 7.04. The standard InChI is InChI=1S/C13H24N2O4/c16-9-8-11(12(17)18)15-13(19)14-10-6-4-2-1-3-5-7-10/h10-11,16H,1-9H2,(H,17,18)(H2,14,15,19). The van der Waals surface area contributed by atoms with Crippen molar-refractivity contribution in [3.05, 3.63) is 0 Å². The van der Waals surface area contributed by atoms with Crippen LogP contribution >= 0.6 is 0 Å². The Balaban J connectivity index is 2.37. The fourth-order valence-electron chi connectivity index (χ4n) is 2.37. The van der Waals surface area contributed by atoms with Gasteiger partial charge in [0, 0.05) is 19.1 Å². The molecule has 1 fully saturated rings. The van der Waals surface area contributed by atoms with Crippen molar-refractivity contribution in [1.82, 2.24) is 10.6 Å². The Bertz CT molecular complexity index is 288. The average Bonchev–Trinajstić information content (AvgIpc) is 2.31. The van der Waals surface area contributed by atoms with Crippen LogP contribution in [0.25, 0.3) is 0 Å². The summed E-state index contributed by atoms with van der Waals surface area (Å²) in [5.74, 6) is -1.12. The molecule has 1 rings (SSSR count). The van der Waals surface area contributed by atoms with Gasteiger partial charge in [0.2, 0.25) is 0 Å². The Morgan fingerprint density at radius 3 is 2.21 bits per heavy atom. The molecule has 0 radical (unpaired) electrons. The molecule has 110 valence electrons. The number of aliphatic hydroxyl groups excluding tert-OH is 1. The maximum absolute atomic E-state index is 11.7. The highest BCUT2D eigenvalue weighted by atomic mass is 16.4. The van der Waals surface area contributed by atoms with Gasteiger partial charge >= 0.3 is 12.0 Å². The van der Waals surface area contributed by atoms with Crippen molar-refractivity contribution in [2.24, 2.45) is 0 Å². The summed E-state index contributed by atoms with van der Waals surface area (Å²) < 4.78 is 0. The van der Waals surface area contributed by atoms with E-state index in [1.165, 1.54) is 19.3 Å². The van der Waals surface area contributed by atoms with Crippen molar-refractivity contribution in [1.29, 1.82) is 0 Å². The highest BCUT2D eigenvalue weighted by Crippen LogP contribution is 2.16. The smallest absolute Gasteiger partial charge is 0.326 e. The predicted octanol–water partition coefficient (Wildman–Crippen LogP) is 1.23. The molecule has 6 heteroatoms. The van der Waals surface area contributed by atoms with E-state index in [4.69, 9.17) is 10.2 Å². The van der Waals surface area contributed by atoms with Gasteiger partial charge in [-0.1, -0.05) is 32.1 Å². The van der Waals surface area contributed by atoms with Crippen LogP contribution in [0.1, 0.15) is 51.4 Å². The lowest BCUT2D eigenvalue weighted by atomic mass is 9.97. The lowest BCUT2D eigenvalue weighted by Crippen LogP contribution is -2.49. The van der Waals surface area contributed by atoms with Gasteiger partial charge in [-0.25, -0.2) is 9.59 Å². The number of carboxylic acids is 1. The summed E-state index contributed by atoms with van der Waals surface area (Å²) in [7, 11) is 0. The van der Waals surface area contributed by atoms with Crippen LogP contribution in [0.4, 0.5) is 4.79 Å². The van der Waals surface area contributed by atoms with E-state index in [2.05, 4.69) is 10.6 Å². The van der Waals surface area contributed by atoms with Crippen molar-refractivity contribution >= 4 is 12.0 Å². The Morgan fingerprint density at radius 2 is 1.68 bits per heavy atom. The fraction of sp³-hybridized carbons (Fsp3) is 0.846. The van der Waals surface area contributed by atoms with Crippen molar-refractivity contribution < 1.29 is 19.8 Å². The van der Waals surface area contributed by atoms with Gasteiger partial charge in [0.25, 0.3) is 0 Å². The summed E-state index contributed by atoms with van der Waals surface area (Å²) in [5.41, 5.74) is 0. The molecule has 19 heavy (non-hydrogen) atoms. The molecule has 6 nitrogen and oxygen atoms in total. The molecule has 1 atom stereocenters. The van der Waals surface area contributed by atoms with Crippen LogP contribution in [-0.4, -0.2) is 40.9 Å². The Labute approximate surface area is 113 Å². The number of hydrogen-bond donors (Lipinski definition) is 4. The van der Waals surface area contributed by atoms with Gasteiger partial charge in [0.15, 0.2) is 0 Å². The van der Waals surface area contributed by atoms with Crippen LogP contribution in [0, 0.1) is 0 Å². The zero-order valence-corrected chi connectivity index (χ0v) is 11.2. The van der Waals surface area contributed by atoms with E-state index >= 15 is 0 Å². The van der Waals surface area contributed by atoms with E-state index in [1.54, 1.807) is 0 Å². The molecule has 0 spiro atoms. The van der Waals surface area contributed by atoms with Crippen molar-refractivity contribution in [3.63, 3.8) is 0 Å². The zero-order chi connectivity index (χ0) is 14.1. The molecule has 1 saturated carbocycles. The highest BCUT2D eigenvalue weighted by Gasteiger charge is 2.21. The molecule has 1 unspecified atom stereocenters. The molecular formula is C13H24N2O4. The summed E-state index contributed by atoms with van der Waals surface area (Å²) in [6.07, 6.45) is 7.78. The molecular weight excluding hydrogens is 248 g/mol. The summed E-state index contributed by atoms with van der Waals surface area (Å²) in [5, 5.41) is 22.9. The third kappa shape index (κ3) is 6.42. The molecule has 0 saturated heterocycles. The number of carboxylic acid groups (broad SMARTS) is 1. The van der Waals surface area contributed by atoms with Gasteiger partial charge < -0.3 is 20.8 Å². The van der Waals surface area contributed by atoms with E-state index in [0.29, 0.717) is 0 Å². The molecule has 2 amide bonds. The zero-order valence-electron chi connectivity index (χ0n) is 11.2. The van der Waals surface area contributed by atoms with E-state index in [0.717, 1.165) is 25.7 Å². The predicted molar refractivity (Wildman–Crippen MR) is 70.9 cm³/mol. The number of carbonyl (C=O) groups excluding carboxylic acids is 1. The second kappa shape index (κ2) is 8.74. The minimum Gasteiger partial charge on any atom is -0.480 e. The number of amides is 2. The van der Waals surface area contributed by atoms with Gasteiger partial charge in [-0.05, 0) is 12.8 Å². The molecule has 4 N–H and O–H groups in total. The van der Waals surface area contributed by atoms with Crippen molar-refractivity contribution in [3.8, 4) is 0 Å². The van der Waals surface area contributed by atoms with Gasteiger partial charge in [-0.15, -0.1) is 0 Å². The summed E-state index contributed by atoms with van der Waals surface area (Å²) in [6.45, 7) is -0.263. The fourth-order valence-corrected chi connectivity index (χ4v) is 2.37. The van der Waals surface area contributed by atoms with E-state index in [1.807, 2.05) is 0 Å². The van der Waals surface area contributed by atoms with Gasteiger partial charge in [-0.3, -0.25) is 0 Å². The van der Waals surface area contributed by atoms with E-state index in [-0.39, 0.29) is 19.1 Å². The third-order valence-corrected chi connectivity index (χ3v) is 3.46. The second-order valence-electron chi connectivity index (χ2n) is 5.06. The van der Waals surface area contributed by atoms with Crippen LogP contribution in [0.5, 0.6) is 0 Å². The maximum Gasteiger partial charge on any atom is 0.326 e. The number of aliphatic hydroxyl groups is 1. The molecule has 0 aromatic rings. The van der Waals surface area contributed by atoms with Crippen LogP contribution < -0.4 is 10.6 Å². The molecule has 0 aromatic carbocycles. The van der Waals surface area contributed by atoms with Crippen molar-refractivity contribution in [2.75, 3.05) is 6.61 Å². The average molecular weight is 272 g/mol. The van der Waals surface area contributed by atoms with Crippen LogP contribution in [0.15, 0.2) is 0 Å². The van der Waals surface area contributed by atoms with Crippen LogP contribution in [-0.2, 0) is 4.79 Å². The lowest BCUT2D eigenvalue weighted by Gasteiger charge is -2.22. The Morgan fingerprint density at radius 1 is 1.11 bits per heavy atom. The highest BCUT2D eigenvalue weighted by molar-refractivity contribution is 5.82. The monoisotopic (exact) mass is 272 g/mol. The first-order chi connectivity index (χ1) is 9.13. The summed E-state index contributed by atoms with van der Waals surface area (Å²) in [6, 6.07) is -1.35. The molecule has 0 aliphatic heterocycles. The third-order valence-electron chi connectivity index (χ3n) is 3.46. The molecule has 0 heterocycles. The maximum atomic E-state index is 11.7. The van der Waals surface area contributed by atoms with E-state index < -0.39 is 18.0 Å². The van der Waals surface area contributed by atoms with Crippen LogP contribution in [0.2, 0.25) is 0 Å². The van der Waals surface area contributed by atoms with Gasteiger partial charge in [-0.2, -0.15) is 0 Å². The number of carbonyl (C=O) groups is 2. The van der Waals surface area contributed by atoms with Crippen molar-refractivity contribution in [2.45, 2.75) is 63.5 Å². The topological polar surface area (TPSA) is 98.7 Å². The number of nitrogens with one attached hydrogen (secondary N) is 2. The minimum absolute atomic E-state index is 0.0213. The summed E-state index contributed by atoms with van der Waals surface area (Å²) in [4.78, 5) is 22.6. The molecule has 0 aromatic heterocycles. The van der Waals surface area contributed by atoms with Gasteiger partial charge in [0.1, 0.15) is 6.04 Å². The number of aliphatic carboxylic acids is 1. The molecule has 1 aliphatic carbocycles. The number of urea groups is 1. The van der Waals surface area contributed by atoms with E-state index in [9.17, 15) is 9.59 Å².